The molecule has 1 aromatic carbocycles. The van der Waals surface area contributed by atoms with Gasteiger partial charge in [-0.3, -0.25) is 4.79 Å². The second-order valence-corrected chi connectivity index (χ2v) is 9.78. The lowest BCUT2D eigenvalue weighted by Gasteiger charge is -2.15. The zero-order valence-corrected chi connectivity index (χ0v) is 20.2. The molecule has 4 aromatic rings. The molecule has 0 unspecified atom stereocenters. The molecule has 0 amide bonds. The number of ether oxygens (including phenoxy) is 1. The predicted octanol–water partition coefficient (Wildman–Crippen LogP) is 6.00. The Labute approximate surface area is 194 Å². The number of rotatable bonds is 5. The first-order valence-electron chi connectivity index (χ1n) is 10.6. The molecule has 5 nitrogen and oxygen atoms in total. The average molecular weight is 473 g/mol. The maximum atomic E-state index is 15.7. The van der Waals surface area contributed by atoms with Gasteiger partial charge in [-0.05, 0) is 63.9 Å². The molecule has 0 fully saturated rings. The van der Waals surface area contributed by atoms with Crippen molar-refractivity contribution in [2.45, 2.75) is 46.8 Å². The first kappa shape index (κ1) is 23.2. The molecule has 3 aromatic heterocycles. The summed E-state index contributed by atoms with van der Waals surface area (Å²) in [6.45, 7) is 8.95. The topological polar surface area (TPSA) is 56.4 Å². The van der Waals surface area contributed by atoms with Crippen LogP contribution < -0.4 is 10.3 Å². The Morgan fingerprint density at radius 2 is 1.79 bits per heavy atom. The molecule has 3 heterocycles. The number of aliphatic hydroxyl groups is 1. The number of pyridine rings is 1. The maximum Gasteiger partial charge on any atom is 0.274 e. The number of benzene rings is 1. The van der Waals surface area contributed by atoms with Crippen LogP contribution in [0.4, 0.5) is 8.78 Å². The van der Waals surface area contributed by atoms with Crippen molar-refractivity contribution in [2.75, 3.05) is 0 Å². The molecular weight excluding hydrogens is 446 g/mol. The van der Waals surface area contributed by atoms with Gasteiger partial charge in [-0.2, -0.15) is 0 Å². The quantitative estimate of drug-likeness (QED) is 0.387. The largest absolute Gasteiger partial charge is 0.452 e. The van der Waals surface area contributed by atoms with E-state index in [1.807, 2.05) is 23.8 Å². The molecule has 0 saturated heterocycles. The van der Waals surface area contributed by atoms with Crippen LogP contribution in [0.3, 0.4) is 0 Å². The minimum atomic E-state index is -1.45. The molecule has 8 heteroatoms. The van der Waals surface area contributed by atoms with E-state index >= 15 is 4.39 Å². The molecule has 0 aliphatic heterocycles. The monoisotopic (exact) mass is 472 g/mol. The lowest BCUT2D eigenvalue weighted by atomic mass is 10.1. The van der Waals surface area contributed by atoms with Gasteiger partial charge in [-0.1, -0.05) is 0 Å². The molecule has 33 heavy (non-hydrogen) atoms. The Morgan fingerprint density at radius 1 is 1.15 bits per heavy atom. The minimum absolute atomic E-state index is 0.0564. The Bertz CT molecular complexity index is 1420. The van der Waals surface area contributed by atoms with Crippen LogP contribution in [0, 0.1) is 25.5 Å². The number of hydrogen-bond donors (Lipinski definition) is 1. The van der Waals surface area contributed by atoms with Gasteiger partial charge >= 0.3 is 0 Å². The van der Waals surface area contributed by atoms with Crippen molar-refractivity contribution in [3.05, 3.63) is 68.6 Å². The Morgan fingerprint density at radius 3 is 2.36 bits per heavy atom. The molecule has 0 atom stereocenters. The summed E-state index contributed by atoms with van der Waals surface area (Å²) >= 11 is 1.08. The highest BCUT2D eigenvalue weighted by molar-refractivity contribution is 7.16. The second kappa shape index (κ2) is 8.11. The van der Waals surface area contributed by atoms with Gasteiger partial charge in [-0.25, -0.2) is 8.78 Å². The molecule has 0 saturated carbocycles. The Kier molecular flexibility index (Phi) is 5.70. The number of aromatic nitrogens is 2. The normalized spacial score (nSPS) is 12.0. The number of nitrogens with zero attached hydrogens (tertiary/aromatic N) is 2. The van der Waals surface area contributed by atoms with E-state index in [4.69, 9.17) is 4.74 Å². The highest BCUT2D eigenvalue weighted by atomic mass is 32.1. The van der Waals surface area contributed by atoms with E-state index in [0.29, 0.717) is 44.8 Å². The summed E-state index contributed by atoms with van der Waals surface area (Å²) in [4.78, 5) is 13.4. The lowest BCUT2D eigenvalue weighted by molar-refractivity contribution is 0.0785. The SMILES string of the molecule is CCn1ccc2c(-c3sc(C(C)(C)O)c(F)c3Oc3c(C)cc(F)cc3C)cn(C)c(=O)c21. The Hall–Kier alpha value is -2.97. The molecule has 0 aliphatic carbocycles. The van der Waals surface area contributed by atoms with E-state index in [-0.39, 0.29) is 16.2 Å². The third kappa shape index (κ3) is 3.87. The maximum absolute atomic E-state index is 15.7. The zero-order chi connectivity index (χ0) is 24.2. The van der Waals surface area contributed by atoms with Gasteiger partial charge in [0.1, 0.15) is 17.1 Å². The number of halogens is 2. The summed E-state index contributed by atoms with van der Waals surface area (Å²) in [6.07, 6.45) is 3.48. The van der Waals surface area contributed by atoms with E-state index in [1.54, 1.807) is 27.1 Å². The van der Waals surface area contributed by atoms with E-state index < -0.39 is 17.2 Å². The van der Waals surface area contributed by atoms with Crippen LogP contribution in [0.25, 0.3) is 21.3 Å². The highest BCUT2D eigenvalue weighted by Gasteiger charge is 2.32. The van der Waals surface area contributed by atoms with E-state index in [9.17, 15) is 14.3 Å². The van der Waals surface area contributed by atoms with Crippen molar-refractivity contribution in [3.8, 4) is 21.9 Å². The van der Waals surface area contributed by atoms with Crippen molar-refractivity contribution < 1.29 is 18.6 Å². The van der Waals surface area contributed by atoms with Crippen LogP contribution in [0.5, 0.6) is 11.5 Å². The van der Waals surface area contributed by atoms with Gasteiger partial charge < -0.3 is 19.0 Å². The van der Waals surface area contributed by atoms with Crippen LogP contribution in [0.2, 0.25) is 0 Å². The van der Waals surface area contributed by atoms with E-state index in [2.05, 4.69) is 0 Å². The molecule has 174 valence electrons. The summed E-state index contributed by atoms with van der Waals surface area (Å²) in [5.41, 5.74) is 0.566. The van der Waals surface area contributed by atoms with Crippen LogP contribution in [-0.2, 0) is 19.2 Å². The van der Waals surface area contributed by atoms with E-state index in [0.717, 1.165) is 11.3 Å². The third-order valence-corrected chi connectivity index (χ3v) is 7.17. The van der Waals surface area contributed by atoms with Crippen molar-refractivity contribution >= 4 is 22.2 Å². The van der Waals surface area contributed by atoms with Crippen molar-refractivity contribution in [2.24, 2.45) is 7.05 Å². The van der Waals surface area contributed by atoms with Gasteiger partial charge in [0.15, 0.2) is 11.6 Å². The van der Waals surface area contributed by atoms with E-state index in [1.165, 1.54) is 30.5 Å². The smallest absolute Gasteiger partial charge is 0.274 e. The number of thiophene rings is 1. The van der Waals surface area contributed by atoms with Crippen LogP contribution in [0.15, 0.2) is 35.4 Å². The molecule has 0 spiro atoms. The number of aryl methyl sites for hydroxylation is 4. The summed E-state index contributed by atoms with van der Waals surface area (Å²) in [5, 5.41) is 11.3. The summed E-state index contributed by atoms with van der Waals surface area (Å²) in [7, 11) is 1.65. The molecule has 0 radical (unpaired) electrons. The average Bonchev–Trinajstić information content (AvgIpc) is 3.29. The molecule has 0 aliphatic rings. The fraction of sp³-hybridized carbons (Fsp3) is 0.320. The summed E-state index contributed by atoms with van der Waals surface area (Å²) in [5.74, 6) is -0.785. The predicted molar refractivity (Wildman–Crippen MR) is 127 cm³/mol. The van der Waals surface area contributed by atoms with Gasteiger partial charge in [0, 0.05) is 36.9 Å². The molecular formula is C25H26F2N2O3S. The third-order valence-electron chi connectivity index (χ3n) is 5.68. The Balaban J connectivity index is 2.04. The van der Waals surface area contributed by atoms with Crippen LogP contribution in [0.1, 0.15) is 36.8 Å². The fourth-order valence-electron chi connectivity index (χ4n) is 4.08. The number of hydrogen-bond acceptors (Lipinski definition) is 4. The molecule has 1 N–H and O–H groups in total. The van der Waals surface area contributed by atoms with Crippen molar-refractivity contribution in [1.82, 2.24) is 9.13 Å². The zero-order valence-electron chi connectivity index (χ0n) is 19.4. The van der Waals surface area contributed by atoms with Crippen molar-refractivity contribution in [1.29, 1.82) is 0 Å². The van der Waals surface area contributed by atoms with Gasteiger partial charge in [0.05, 0.1) is 15.4 Å². The molecule has 4 rings (SSSR count). The standard InChI is InChI=1S/C25H26F2N2O3S/c1-7-29-9-8-16-17(12-28(6)24(30)19(16)29)22-21(18(27)23(33-22)25(4,5)31)32-20-13(2)10-15(26)11-14(20)3/h8-12,31H,7H2,1-6H3. The highest BCUT2D eigenvalue weighted by Crippen LogP contribution is 2.49. The molecule has 0 bridgehead atoms. The fourth-order valence-corrected chi connectivity index (χ4v) is 5.21. The number of fused-ring (bicyclic) bond motifs is 1. The van der Waals surface area contributed by atoms with Crippen molar-refractivity contribution in [3.63, 3.8) is 0 Å². The minimum Gasteiger partial charge on any atom is -0.452 e. The van der Waals surface area contributed by atoms with Crippen LogP contribution >= 0.6 is 11.3 Å². The first-order valence-corrected chi connectivity index (χ1v) is 11.4. The summed E-state index contributed by atoms with van der Waals surface area (Å²) < 4.78 is 39.0. The van der Waals surface area contributed by atoms with Crippen LogP contribution in [-0.4, -0.2) is 14.2 Å². The lowest BCUT2D eigenvalue weighted by Crippen LogP contribution is -2.18. The summed E-state index contributed by atoms with van der Waals surface area (Å²) in [6, 6.07) is 4.49. The second-order valence-electron chi connectivity index (χ2n) is 8.76. The van der Waals surface area contributed by atoms with Gasteiger partial charge in [-0.15, -0.1) is 11.3 Å². The van der Waals surface area contributed by atoms with Gasteiger partial charge in [0.25, 0.3) is 5.56 Å². The van der Waals surface area contributed by atoms with Gasteiger partial charge in [0.2, 0.25) is 0 Å². The first-order chi connectivity index (χ1) is 15.4.